The zero-order valence-electron chi connectivity index (χ0n) is 40.7. The third-order valence-electron chi connectivity index (χ3n) is 11.3. The number of ether oxygens (including phenoxy) is 2. The van der Waals surface area contributed by atoms with Gasteiger partial charge >= 0.3 is 19.8 Å². The van der Waals surface area contributed by atoms with Crippen molar-refractivity contribution in [1.29, 1.82) is 0 Å². The molecule has 360 valence electrons. The number of unbranched alkanes of at least 4 members (excludes halogenated alkanes) is 32. The molecule has 0 aromatic rings. The minimum absolute atomic E-state index is 0.0216. The largest absolute Gasteiger partial charge is 0.472 e. The van der Waals surface area contributed by atoms with Gasteiger partial charge in [0.25, 0.3) is 0 Å². The summed E-state index contributed by atoms with van der Waals surface area (Å²) in [4.78, 5) is 35.4. The van der Waals surface area contributed by atoms with E-state index in [2.05, 4.69) is 19.9 Å². The van der Waals surface area contributed by atoms with Gasteiger partial charge in [0.15, 0.2) is 6.10 Å². The van der Waals surface area contributed by atoms with Crippen LogP contribution in [0.25, 0.3) is 0 Å². The van der Waals surface area contributed by atoms with Gasteiger partial charge in [-0.15, -0.1) is 0 Å². The molecule has 0 aliphatic carbocycles. The zero-order valence-corrected chi connectivity index (χ0v) is 41.6. The first-order valence-electron chi connectivity index (χ1n) is 25.6. The third-order valence-corrected chi connectivity index (χ3v) is 12.3. The van der Waals surface area contributed by atoms with Gasteiger partial charge in [-0.2, -0.15) is 0 Å². The number of likely N-dealkylation sites (N-methyl/N-ethyl adjacent to an activating group) is 1. The molecule has 0 rings (SSSR count). The Morgan fingerprint density at radius 3 is 1.34 bits per heavy atom. The van der Waals surface area contributed by atoms with Gasteiger partial charge in [-0.3, -0.25) is 13.8 Å². The van der Waals surface area contributed by atoms with Crippen molar-refractivity contribution in [2.75, 3.05) is 47.5 Å². The maximum absolute atomic E-state index is 12.7. The number of phosphoric acid groups is 1. The van der Waals surface area contributed by atoms with Crippen LogP contribution in [0.3, 0.4) is 0 Å². The van der Waals surface area contributed by atoms with E-state index >= 15 is 0 Å². The Labute approximate surface area is 377 Å². The lowest BCUT2D eigenvalue weighted by molar-refractivity contribution is -0.870. The normalized spacial score (nSPS) is 13.6. The SMILES string of the molecule is CCCCCCCCCCCCC/C=C/C=C/C(=O)OC[C@H](COP(=O)(O)OCC[N+](C)(C)C)OC(=O)CCCCCCCCCCCCCCCCCCCCCCCC. The number of allylic oxidation sites excluding steroid dienone is 3. The van der Waals surface area contributed by atoms with Crippen LogP contribution in [0.4, 0.5) is 0 Å². The van der Waals surface area contributed by atoms with Crippen molar-refractivity contribution in [3.63, 3.8) is 0 Å². The van der Waals surface area contributed by atoms with Crippen molar-refractivity contribution in [3.05, 3.63) is 24.3 Å². The number of quaternary nitrogens is 1. The van der Waals surface area contributed by atoms with Gasteiger partial charge in [0, 0.05) is 12.5 Å². The van der Waals surface area contributed by atoms with E-state index in [1.807, 2.05) is 27.2 Å². The summed E-state index contributed by atoms with van der Waals surface area (Å²) < 4.78 is 34.2. The highest BCUT2D eigenvalue weighted by atomic mass is 31.2. The Morgan fingerprint density at radius 2 is 0.934 bits per heavy atom. The first-order chi connectivity index (χ1) is 29.5. The van der Waals surface area contributed by atoms with Gasteiger partial charge in [0.2, 0.25) is 0 Å². The predicted octanol–water partition coefficient (Wildman–Crippen LogP) is 15.1. The van der Waals surface area contributed by atoms with Crippen LogP contribution in [0, 0.1) is 0 Å². The topological polar surface area (TPSA) is 108 Å². The summed E-state index contributed by atoms with van der Waals surface area (Å²) in [6.07, 6.45) is 50.1. The van der Waals surface area contributed by atoms with E-state index in [4.69, 9.17) is 18.5 Å². The molecular weight excluding hydrogens is 786 g/mol. The second kappa shape index (κ2) is 43.7. The molecule has 0 saturated carbocycles. The third kappa shape index (κ3) is 47.8. The zero-order chi connectivity index (χ0) is 45.0. The first-order valence-corrected chi connectivity index (χ1v) is 27.1. The molecule has 1 unspecified atom stereocenters. The monoisotopic (exact) mass is 885 g/mol. The number of esters is 2. The molecule has 0 bridgehead atoms. The van der Waals surface area contributed by atoms with E-state index in [1.54, 1.807) is 6.08 Å². The van der Waals surface area contributed by atoms with Crippen LogP contribution in [-0.4, -0.2) is 74.9 Å². The van der Waals surface area contributed by atoms with Crippen LogP contribution in [-0.2, 0) is 32.7 Å². The van der Waals surface area contributed by atoms with Crippen molar-refractivity contribution >= 4 is 19.8 Å². The fourth-order valence-electron chi connectivity index (χ4n) is 7.34. The van der Waals surface area contributed by atoms with E-state index in [0.29, 0.717) is 17.4 Å². The summed E-state index contributed by atoms with van der Waals surface area (Å²) in [6, 6.07) is 0. The van der Waals surface area contributed by atoms with Crippen LogP contribution in [0.15, 0.2) is 24.3 Å². The fraction of sp³-hybridized carbons (Fsp3) is 0.882. The van der Waals surface area contributed by atoms with Crippen molar-refractivity contribution in [2.45, 2.75) is 245 Å². The molecule has 0 amide bonds. The average Bonchev–Trinajstić information content (AvgIpc) is 3.21. The molecular formula is C51H99NO8P+. The molecule has 0 saturated heterocycles. The van der Waals surface area contributed by atoms with Gasteiger partial charge in [0.05, 0.1) is 27.7 Å². The molecule has 1 N–H and O–H groups in total. The number of carbonyl (C=O) groups is 2. The molecule has 0 heterocycles. The summed E-state index contributed by atoms with van der Waals surface area (Å²) in [6.45, 7) is 4.34. The molecule has 10 heteroatoms. The average molecular weight is 885 g/mol. The van der Waals surface area contributed by atoms with E-state index in [9.17, 15) is 19.0 Å². The maximum atomic E-state index is 12.7. The standard InChI is InChI=1S/C51H98NO8P/c1-6-8-10-12-14-16-18-20-22-23-24-25-26-27-28-30-32-34-36-38-40-42-44-51(54)60-49(48-59-61(55,56)58-46-45-52(3,4)5)47-57-50(53)43-41-39-37-35-33-31-29-21-19-17-15-13-11-9-7-2/h37,39,41,43,49H,6-36,38,40,42,44-48H2,1-5H3/p+1/b39-37+,43-41+/t49-/m1/s1. The van der Waals surface area contributed by atoms with E-state index in [-0.39, 0.29) is 19.6 Å². The predicted molar refractivity (Wildman–Crippen MR) is 257 cm³/mol. The fourth-order valence-corrected chi connectivity index (χ4v) is 8.08. The van der Waals surface area contributed by atoms with Crippen molar-refractivity contribution in [1.82, 2.24) is 0 Å². The Morgan fingerprint density at radius 1 is 0.541 bits per heavy atom. The van der Waals surface area contributed by atoms with Crippen LogP contribution in [0.5, 0.6) is 0 Å². The Hall–Kier alpha value is -1.51. The molecule has 61 heavy (non-hydrogen) atoms. The summed E-state index contributed by atoms with van der Waals surface area (Å²) in [5, 5.41) is 0. The van der Waals surface area contributed by atoms with E-state index in [1.165, 1.54) is 192 Å². The van der Waals surface area contributed by atoms with Crippen LogP contribution < -0.4 is 0 Å². The minimum Gasteiger partial charge on any atom is -0.458 e. The highest BCUT2D eigenvalue weighted by Crippen LogP contribution is 2.43. The van der Waals surface area contributed by atoms with Gasteiger partial charge in [-0.05, 0) is 19.3 Å². The minimum atomic E-state index is -4.39. The summed E-state index contributed by atoms with van der Waals surface area (Å²) in [5.74, 6) is -1.04. The van der Waals surface area contributed by atoms with Crippen molar-refractivity contribution in [2.24, 2.45) is 0 Å². The molecule has 0 spiro atoms. The van der Waals surface area contributed by atoms with Gasteiger partial charge in [-0.25, -0.2) is 9.36 Å². The molecule has 9 nitrogen and oxygen atoms in total. The molecule has 0 aromatic carbocycles. The highest BCUT2D eigenvalue weighted by molar-refractivity contribution is 7.47. The summed E-state index contributed by atoms with van der Waals surface area (Å²) >= 11 is 0. The first kappa shape index (κ1) is 59.5. The quantitative estimate of drug-likeness (QED) is 0.0161. The molecule has 0 aromatic heterocycles. The van der Waals surface area contributed by atoms with Gasteiger partial charge < -0.3 is 18.9 Å². The maximum Gasteiger partial charge on any atom is 0.472 e. The number of phosphoric ester groups is 1. The van der Waals surface area contributed by atoms with Crippen LogP contribution >= 0.6 is 7.82 Å². The molecule has 0 radical (unpaired) electrons. The second-order valence-corrected chi connectivity index (χ2v) is 20.1. The molecule has 2 atom stereocenters. The smallest absolute Gasteiger partial charge is 0.458 e. The molecule has 0 fully saturated rings. The number of rotatable bonds is 47. The number of nitrogens with zero attached hydrogens (tertiary/aromatic N) is 1. The number of hydrogen-bond acceptors (Lipinski definition) is 7. The van der Waals surface area contributed by atoms with Crippen LogP contribution in [0.2, 0.25) is 0 Å². The number of carbonyl (C=O) groups excluding carboxylic acids is 2. The lowest BCUT2D eigenvalue weighted by Crippen LogP contribution is -2.37. The highest BCUT2D eigenvalue weighted by Gasteiger charge is 2.27. The lowest BCUT2D eigenvalue weighted by Gasteiger charge is -2.24. The van der Waals surface area contributed by atoms with Crippen molar-refractivity contribution in [3.8, 4) is 0 Å². The Kier molecular flexibility index (Phi) is 42.6. The van der Waals surface area contributed by atoms with Gasteiger partial charge in [-0.1, -0.05) is 231 Å². The van der Waals surface area contributed by atoms with E-state index in [0.717, 1.165) is 25.7 Å². The van der Waals surface area contributed by atoms with E-state index < -0.39 is 32.5 Å². The Bertz CT molecular complexity index is 1090. The molecule has 0 aliphatic heterocycles. The van der Waals surface area contributed by atoms with Crippen LogP contribution in [0.1, 0.15) is 239 Å². The van der Waals surface area contributed by atoms with Gasteiger partial charge in [0.1, 0.15) is 19.8 Å². The summed E-state index contributed by atoms with van der Waals surface area (Å²) in [5.41, 5.74) is 0. The molecule has 0 aliphatic rings. The number of hydrogen-bond donors (Lipinski definition) is 1. The Balaban J connectivity index is 4.27. The summed E-state index contributed by atoms with van der Waals surface area (Å²) in [7, 11) is 1.45. The lowest BCUT2D eigenvalue weighted by atomic mass is 10.0. The second-order valence-electron chi connectivity index (χ2n) is 18.6. The van der Waals surface area contributed by atoms with Crippen molar-refractivity contribution < 1.29 is 42.1 Å².